The summed E-state index contributed by atoms with van der Waals surface area (Å²) in [5.74, 6) is 1.28. The van der Waals surface area contributed by atoms with Crippen LogP contribution in [0.4, 0.5) is 0 Å². The summed E-state index contributed by atoms with van der Waals surface area (Å²) in [7, 11) is 0. The zero-order valence-corrected chi connectivity index (χ0v) is 16.7. The molecule has 2 heterocycles. The van der Waals surface area contributed by atoms with Crippen LogP contribution in [0.5, 0.6) is 0 Å². The zero-order chi connectivity index (χ0) is 18.9. The smallest absolute Gasteiger partial charge is 0.222 e. The summed E-state index contributed by atoms with van der Waals surface area (Å²) in [6.45, 7) is 14.3. The fourth-order valence-corrected chi connectivity index (χ4v) is 2.86. The van der Waals surface area contributed by atoms with Gasteiger partial charge in [0.1, 0.15) is 13.2 Å². The van der Waals surface area contributed by atoms with E-state index in [9.17, 15) is 0 Å². The Morgan fingerprint density at radius 3 is 1.69 bits per heavy atom. The molecule has 2 atom stereocenters. The van der Waals surface area contributed by atoms with Crippen molar-refractivity contribution in [3.8, 4) is 0 Å². The quantitative estimate of drug-likeness (QED) is 0.785. The molecule has 2 aliphatic heterocycles. The van der Waals surface area contributed by atoms with Gasteiger partial charge in [0.2, 0.25) is 11.8 Å². The Morgan fingerprint density at radius 2 is 1.31 bits per heavy atom. The number of nitrogens with zero attached hydrogens (tertiary/aromatic N) is 2. The molecule has 0 spiro atoms. The maximum Gasteiger partial charge on any atom is 0.222 e. The molecule has 0 aliphatic carbocycles. The molecule has 0 aromatic heterocycles. The predicted molar refractivity (Wildman–Crippen MR) is 108 cm³/mol. The van der Waals surface area contributed by atoms with Crippen molar-refractivity contribution in [1.82, 2.24) is 0 Å². The average molecular weight is 354 g/mol. The van der Waals surface area contributed by atoms with Crippen molar-refractivity contribution in [2.24, 2.45) is 20.8 Å². The van der Waals surface area contributed by atoms with Gasteiger partial charge in [-0.25, -0.2) is 9.98 Å². The van der Waals surface area contributed by atoms with Crippen LogP contribution in [-0.4, -0.2) is 37.1 Å². The molecule has 0 bridgehead atoms. The van der Waals surface area contributed by atoms with Crippen LogP contribution in [-0.2, 0) is 9.47 Å². The van der Waals surface area contributed by atoms with Gasteiger partial charge in [-0.15, -0.1) is 0 Å². The summed E-state index contributed by atoms with van der Waals surface area (Å²) in [5.41, 5.74) is 2.05. The second-order valence-corrected chi connectivity index (χ2v) is 9.22. The van der Waals surface area contributed by atoms with Crippen LogP contribution in [0.1, 0.15) is 47.1 Å². The van der Waals surface area contributed by atoms with E-state index in [1.807, 2.05) is 18.2 Å². The summed E-state index contributed by atoms with van der Waals surface area (Å²) < 4.78 is 12.0. The Hall–Kier alpha value is -2.10. The van der Waals surface area contributed by atoms with Gasteiger partial charge >= 0.3 is 0 Å². The van der Waals surface area contributed by atoms with Gasteiger partial charge in [0, 0.05) is 0 Å². The minimum Gasteiger partial charge on any atom is -0.475 e. The fraction of sp³-hybridized carbons (Fsp3) is 0.545. The molecule has 0 unspecified atom stereocenters. The van der Waals surface area contributed by atoms with Crippen LogP contribution >= 0.6 is 0 Å². The SMILES string of the molecule is CC(C)(C)[C@H]1COC(C(=Cc2ccccc2)C2=N[C@@H](C(C)(C)C)CO2)=N1. The maximum atomic E-state index is 5.98. The monoisotopic (exact) mass is 354 g/mol. The van der Waals surface area contributed by atoms with Gasteiger partial charge in [-0.05, 0) is 22.5 Å². The van der Waals surface area contributed by atoms with E-state index < -0.39 is 0 Å². The third-order valence-electron chi connectivity index (χ3n) is 4.87. The molecule has 3 rings (SSSR count). The van der Waals surface area contributed by atoms with Crippen LogP contribution in [0, 0.1) is 10.8 Å². The molecule has 4 nitrogen and oxygen atoms in total. The molecule has 26 heavy (non-hydrogen) atoms. The van der Waals surface area contributed by atoms with Crippen molar-refractivity contribution in [3.63, 3.8) is 0 Å². The van der Waals surface area contributed by atoms with Crippen LogP contribution in [0.3, 0.4) is 0 Å². The highest BCUT2D eigenvalue weighted by molar-refractivity contribution is 6.22. The Balaban J connectivity index is 1.98. The van der Waals surface area contributed by atoms with Gasteiger partial charge < -0.3 is 9.47 Å². The summed E-state index contributed by atoms with van der Waals surface area (Å²) in [4.78, 5) is 9.71. The molecule has 1 aromatic carbocycles. The molecule has 4 heteroatoms. The summed E-state index contributed by atoms with van der Waals surface area (Å²) >= 11 is 0. The van der Waals surface area contributed by atoms with Crippen molar-refractivity contribution in [2.45, 2.75) is 53.6 Å². The molecular weight excluding hydrogens is 324 g/mol. The van der Waals surface area contributed by atoms with Crippen molar-refractivity contribution < 1.29 is 9.47 Å². The highest BCUT2D eigenvalue weighted by Crippen LogP contribution is 2.31. The third kappa shape index (κ3) is 4.17. The number of hydrogen-bond acceptors (Lipinski definition) is 4. The van der Waals surface area contributed by atoms with E-state index >= 15 is 0 Å². The highest BCUT2D eigenvalue weighted by Gasteiger charge is 2.36. The van der Waals surface area contributed by atoms with Gasteiger partial charge in [0.15, 0.2) is 0 Å². The van der Waals surface area contributed by atoms with E-state index in [4.69, 9.17) is 19.5 Å². The number of hydrogen-bond donors (Lipinski definition) is 0. The number of aliphatic imine (C=N–C) groups is 2. The van der Waals surface area contributed by atoms with Gasteiger partial charge in [0.05, 0.1) is 17.7 Å². The number of benzene rings is 1. The molecule has 1 aromatic rings. The highest BCUT2D eigenvalue weighted by atomic mass is 16.5. The molecule has 0 amide bonds. The second kappa shape index (κ2) is 6.90. The van der Waals surface area contributed by atoms with Crippen LogP contribution in [0.25, 0.3) is 6.08 Å². The van der Waals surface area contributed by atoms with E-state index in [1.165, 1.54) is 0 Å². The molecule has 2 aliphatic rings. The Bertz CT molecular complexity index is 692. The van der Waals surface area contributed by atoms with E-state index in [2.05, 4.69) is 59.8 Å². The van der Waals surface area contributed by atoms with E-state index in [1.54, 1.807) is 0 Å². The minimum absolute atomic E-state index is 0.0614. The first-order valence-corrected chi connectivity index (χ1v) is 9.33. The van der Waals surface area contributed by atoms with E-state index in [-0.39, 0.29) is 22.9 Å². The summed E-state index contributed by atoms with van der Waals surface area (Å²) in [6, 6.07) is 10.5. The lowest BCUT2D eigenvalue weighted by molar-refractivity contribution is 0.232. The number of rotatable bonds is 3. The largest absolute Gasteiger partial charge is 0.475 e. The number of ether oxygens (including phenoxy) is 2. The molecule has 0 saturated heterocycles. The topological polar surface area (TPSA) is 43.2 Å². The zero-order valence-electron chi connectivity index (χ0n) is 16.7. The lowest BCUT2D eigenvalue weighted by Gasteiger charge is -2.21. The summed E-state index contributed by atoms with van der Waals surface area (Å²) in [6.07, 6.45) is 2.06. The van der Waals surface area contributed by atoms with Crippen LogP contribution in [0.2, 0.25) is 0 Å². The Kier molecular flexibility index (Phi) is 4.96. The van der Waals surface area contributed by atoms with Crippen molar-refractivity contribution >= 4 is 17.9 Å². The first-order valence-electron chi connectivity index (χ1n) is 9.33. The normalized spacial score (nSPS) is 23.0. The Labute approximate surface area is 157 Å². The predicted octanol–water partition coefficient (Wildman–Crippen LogP) is 4.76. The average Bonchev–Trinajstić information content (AvgIpc) is 3.22. The van der Waals surface area contributed by atoms with Crippen LogP contribution in [0.15, 0.2) is 45.9 Å². The third-order valence-corrected chi connectivity index (χ3v) is 4.87. The molecular formula is C22H30N2O2. The van der Waals surface area contributed by atoms with E-state index in [0.717, 1.165) is 11.1 Å². The maximum absolute atomic E-state index is 5.98. The first kappa shape index (κ1) is 18.7. The minimum atomic E-state index is 0.0614. The summed E-state index contributed by atoms with van der Waals surface area (Å²) in [5, 5.41) is 0. The molecule has 0 saturated carbocycles. The standard InChI is InChI=1S/C22H30N2O2/c1-21(2,3)17-13-25-19(23-17)16(12-15-10-8-7-9-11-15)20-24-18(14-26-20)22(4,5)6/h7-12,17-18H,13-14H2,1-6H3/t17-,18-/m1/s1. The van der Waals surface area contributed by atoms with Gasteiger partial charge in [-0.3, -0.25) is 0 Å². The van der Waals surface area contributed by atoms with Crippen molar-refractivity contribution in [2.75, 3.05) is 13.2 Å². The van der Waals surface area contributed by atoms with Crippen LogP contribution < -0.4 is 0 Å². The van der Waals surface area contributed by atoms with Crippen molar-refractivity contribution in [1.29, 1.82) is 0 Å². The first-order chi connectivity index (χ1) is 12.1. The molecule has 0 N–H and O–H groups in total. The van der Waals surface area contributed by atoms with Gasteiger partial charge in [0.25, 0.3) is 0 Å². The molecule has 0 fully saturated rings. The lowest BCUT2D eigenvalue weighted by atomic mass is 9.88. The lowest BCUT2D eigenvalue weighted by Crippen LogP contribution is -2.25. The van der Waals surface area contributed by atoms with Gasteiger partial charge in [-0.1, -0.05) is 71.9 Å². The molecule has 0 radical (unpaired) electrons. The second-order valence-electron chi connectivity index (χ2n) is 9.22. The molecule has 140 valence electrons. The van der Waals surface area contributed by atoms with Gasteiger partial charge in [-0.2, -0.15) is 0 Å². The van der Waals surface area contributed by atoms with Crippen molar-refractivity contribution in [3.05, 3.63) is 41.5 Å². The Morgan fingerprint density at radius 1 is 0.846 bits per heavy atom. The fourth-order valence-electron chi connectivity index (χ4n) is 2.86. The van der Waals surface area contributed by atoms with E-state index in [0.29, 0.717) is 25.0 Å².